The number of aryl methyl sites for hydroxylation is 2. The Morgan fingerprint density at radius 1 is 1.22 bits per heavy atom. The molecular formula is C15H26N2O. The van der Waals surface area contributed by atoms with Crippen LogP contribution in [0.15, 0.2) is 18.2 Å². The Kier molecular flexibility index (Phi) is 6.33. The lowest BCUT2D eigenvalue weighted by atomic mass is 9.96. The molecule has 0 radical (unpaired) electrons. The Labute approximate surface area is 111 Å². The first kappa shape index (κ1) is 15.2. The van der Waals surface area contributed by atoms with Crippen molar-refractivity contribution >= 4 is 0 Å². The molecule has 0 amide bonds. The van der Waals surface area contributed by atoms with Crippen molar-refractivity contribution < 1.29 is 4.74 Å². The number of benzene rings is 1. The number of nitrogens with two attached hydrogens (primary N) is 1. The summed E-state index contributed by atoms with van der Waals surface area (Å²) in [5.74, 6) is 5.67. The van der Waals surface area contributed by atoms with Crippen LogP contribution in [0.3, 0.4) is 0 Å². The Morgan fingerprint density at radius 3 is 2.28 bits per heavy atom. The number of nitrogens with one attached hydrogen (secondary N) is 1. The Balaban J connectivity index is 2.77. The van der Waals surface area contributed by atoms with Gasteiger partial charge >= 0.3 is 0 Å². The first-order valence-corrected chi connectivity index (χ1v) is 6.66. The van der Waals surface area contributed by atoms with Crippen molar-refractivity contribution in [2.24, 2.45) is 5.84 Å². The average Bonchev–Trinajstić information content (AvgIpc) is 2.32. The van der Waals surface area contributed by atoms with Gasteiger partial charge in [-0.1, -0.05) is 42.7 Å². The second-order valence-corrected chi connectivity index (χ2v) is 5.04. The van der Waals surface area contributed by atoms with Gasteiger partial charge in [0.2, 0.25) is 0 Å². The Bertz CT molecular complexity index is 345. The van der Waals surface area contributed by atoms with Crippen LogP contribution in [0, 0.1) is 13.8 Å². The summed E-state index contributed by atoms with van der Waals surface area (Å²) in [6.07, 6.45) is 3.19. The third kappa shape index (κ3) is 4.41. The van der Waals surface area contributed by atoms with Gasteiger partial charge in [-0.3, -0.25) is 11.3 Å². The van der Waals surface area contributed by atoms with Crippen molar-refractivity contribution in [1.82, 2.24) is 5.43 Å². The van der Waals surface area contributed by atoms with Gasteiger partial charge in [-0.2, -0.15) is 0 Å². The number of hydrogen-bond donors (Lipinski definition) is 2. The molecule has 3 heteroatoms. The molecule has 0 saturated heterocycles. The van der Waals surface area contributed by atoms with E-state index in [-0.39, 0.29) is 12.1 Å². The first-order chi connectivity index (χ1) is 8.60. The molecule has 3 N–H and O–H groups in total. The molecule has 0 aliphatic carbocycles. The van der Waals surface area contributed by atoms with Gasteiger partial charge in [-0.25, -0.2) is 0 Å². The summed E-state index contributed by atoms with van der Waals surface area (Å²) < 4.78 is 5.53. The van der Waals surface area contributed by atoms with Crippen LogP contribution in [0.4, 0.5) is 0 Å². The second-order valence-electron chi connectivity index (χ2n) is 5.04. The van der Waals surface area contributed by atoms with E-state index < -0.39 is 0 Å². The van der Waals surface area contributed by atoms with E-state index in [0.717, 1.165) is 19.3 Å². The summed E-state index contributed by atoms with van der Waals surface area (Å²) in [5, 5.41) is 0. The second kappa shape index (κ2) is 7.52. The van der Waals surface area contributed by atoms with Crippen LogP contribution in [-0.4, -0.2) is 19.3 Å². The van der Waals surface area contributed by atoms with Crippen LogP contribution in [0.1, 0.15) is 36.5 Å². The molecule has 0 aliphatic rings. The van der Waals surface area contributed by atoms with Crippen molar-refractivity contribution in [1.29, 1.82) is 0 Å². The fourth-order valence-electron chi connectivity index (χ4n) is 2.51. The van der Waals surface area contributed by atoms with E-state index in [4.69, 9.17) is 10.6 Å². The van der Waals surface area contributed by atoms with Gasteiger partial charge in [0.15, 0.2) is 0 Å². The molecule has 0 bridgehead atoms. The van der Waals surface area contributed by atoms with E-state index >= 15 is 0 Å². The zero-order valence-electron chi connectivity index (χ0n) is 12.0. The molecule has 0 aromatic heterocycles. The summed E-state index contributed by atoms with van der Waals surface area (Å²) in [6, 6.07) is 6.79. The number of rotatable bonds is 7. The van der Waals surface area contributed by atoms with Crippen molar-refractivity contribution in [2.45, 2.75) is 52.2 Å². The highest BCUT2D eigenvalue weighted by Crippen LogP contribution is 2.15. The highest BCUT2D eigenvalue weighted by molar-refractivity contribution is 5.29. The van der Waals surface area contributed by atoms with E-state index in [2.05, 4.69) is 44.4 Å². The molecular weight excluding hydrogens is 224 g/mol. The fourth-order valence-corrected chi connectivity index (χ4v) is 2.51. The van der Waals surface area contributed by atoms with E-state index in [0.29, 0.717) is 0 Å². The minimum atomic E-state index is 0.163. The van der Waals surface area contributed by atoms with Crippen molar-refractivity contribution in [2.75, 3.05) is 7.11 Å². The van der Waals surface area contributed by atoms with E-state index in [1.54, 1.807) is 7.11 Å². The van der Waals surface area contributed by atoms with Gasteiger partial charge in [0, 0.05) is 7.11 Å². The maximum Gasteiger partial charge on any atom is 0.0740 e. The monoisotopic (exact) mass is 250 g/mol. The van der Waals surface area contributed by atoms with Crippen LogP contribution in [0.5, 0.6) is 0 Å². The normalized spacial score (nSPS) is 14.5. The molecule has 102 valence electrons. The van der Waals surface area contributed by atoms with Gasteiger partial charge in [0.25, 0.3) is 0 Å². The predicted molar refractivity (Wildman–Crippen MR) is 76.4 cm³/mol. The van der Waals surface area contributed by atoms with Gasteiger partial charge < -0.3 is 4.74 Å². The number of ether oxygens (including phenoxy) is 1. The molecule has 1 rings (SSSR count). The number of hydrazine groups is 1. The SMILES string of the molecule is CCCC(OC)C(Cc1cc(C)cc(C)c1)NN. The quantitative estimate of drug-likeness (QED) is 0.577. The molecule has 1 aromatic rings. The first-order valence-electron chi connectivity index (χ1n) is 6.66. The Morgan fingerprint density at radius 2 is 1.83 bits per heavy atom. The molecule has 0 aliphatic heterocycles. The van der Waals surface area contributed by atoms with Gasteiger partial charge in [0.05, 0.1) is 12.1 Å². The third-order valence-electron chi connectivity index (χ3n) is 3.28. The molecule has 18 heavy (non-hydrogen) atoms. The highest BCUT2D eigenvalue weighted by Gasteiger charge is 2.19. The maximum atomic E-state index is 5.67. The van der Waals surface area contributed by atoms with Crippen molar-refractivity contribution in [3.63, 3.8) is 0 Å². The summed E-state index contributed by atoms with van der Waals surface area (Å²) in [6.45, 7) is 6.42. The lowest BCUT2D eigenvalue weighted by Crippen LogP contribution is -2.46. The van der Waals surface area contributed by atoms with Crippen LogP contribution in [0.25, 0.3) is 0 Å². The molecule has 2 atom stereocenters. The van der Waals surface area contributed by atoms with Crippen LogP contribution in [-0.2, 0) is 11.2 Å². The molecule has 0 heterocycles. The minimum Gasteiger partial charge on any atom is -0.380 e. The lowest BCUT2D eigenvalue weighted by Gasteiger charge is -2.25. The van der Waals surface area contributed by atoms with Gasteiger partial charge in [-0.05, 0) is 32.3 Å². The largest absolute Gasteiger partial charge is 0.380 e. The molecule has 0 fully saturated rings. The van der Waals surface area contributed by atoms with E-state index in [1.807, 2.05) is 0 Å². The maximum absolute atomic E-state index is 5.67. The van der Waals surface area contributed by atoms with E-state index in [9.17, 15) is 0 Å². The smallest absolute Gasteiger partial charge is 0.0740 e. The Hall–Kier alpha value is -0.900. The summed E-state index contributed by atoms with van der Waals surface area (Å²) >= 11 is 0. The highest BCUT2D eigenvalue weighted by atomic mass is 16.5. The standard InChI is InChI=1S/C15H26N2O/c1-5-6-15(18-4)14(17-16)10-13-8-11(2)7-12(3)9-13/h7-9,14-15,17H,5-6,10,16H2,1-4H3. The van der Waals surface area contributed by atoms with Gasteiger partial charge in [0.1, 0.15) is 0 Å². The average molecular weight is 250 g/mol. The molecule has 2 unspecified atom stereocenters. The number of hydrogen-bond acceptors (Lipinski definition) is 3. The lowest BCUT2D eigenvalue weighted by molar-refractivity contribution is 0.0609. The zero-order chi connectivity index (χ0) is 13.5. The van der Waals surface area contributed by atoms with Crippen LogP contribution >= 0.6 is 0 Å². The summed E-state index contributed by atoms with van der Waals surface area (Å²) in [7, 11) is 1.76. The predicted octanol–water partition coefficient (Wildman–Crippen LogP) is 2.49. The van der Waals surface area contributed by atoms with Crippen LogP contribution in [0.2, 0.25) is 0 Å². The van der Waals surface area contributed by atoms with Crippen molar-refractivity contribution in [3.05, 3.63) is 34.9 Å². The van der Waals surface area contributed by atoms with Crippen molar-refractivity contribution in [3.8, 4) is 0 Å². The molecule has 3 nitrogen and oxygen atoms in total. The topological polar surface area (TPSA) is 47.3 Å². The molecule has 0 saturated carbocycles. The van der Waals surface area contributed by atoms with Gasteiger partial charge in [-0.15, -0.1) is 0 Å². The number of methoxy groups -OCH3 is 1. The van der Waals surface area contributed by atoms with E-state index in [1.165, 1.54) is 16.7 Å². The molecule has 0 spiro atoms. The van der Waals surface area contributed by atoms with Crippen LogP contribution < -0.4 is 11.3 Å². The third-order valence-corrected chi connectivity index (χ3v) is 3.28. The molecule has 1 aromatic carbocycles. The minimum absolute atomic E-state index is 0.163. The summed E-state index contributed by atoms with van der Waals surface area (Å²) in [4.78, 5) is 0. The fraction of sp³-hybridized carbons (Fsp3) is 0.600. The zero-order valence-corrected chi connectivity index (χ0v) is 12.0. The summed E-state index contributed by atoms with van der Waals surface area (Å²) in [5.41, 5.74) is 6.81.